The molecule has 1 amide bonds. The number of hydrogen-bond acceptors (Lipinski definition) is 2. The van der Waals surface area contributed by atoms with Crippen molar-refractivity contribution in [2.75, 3.05) is 13.1 Å². The summed E-state index contributed by atoms with van der Waals surface area (Å²) in [6, 6.07) is 9.10. The van der Waals surface area contributed by atoms with Gasteiger partial charge in [0.05, 0.1) is 0 Å². The van der Waals surface area contributed by atoms with Gasteiger partial charge in [0.25, 0.3) is 0 Å². The molecule has 3 rings (SSSR count). The zero-order valence-electron chi connectivity index (χ0n) is 15.1. The smallest absolute Gasteiger partial charge is 0.226 e. The first-order valence-electron chi connectivity index (χ1n) is 9.11. The monoisotopic (exact) mass is 350 g/mol. The second-order valence-electron chi connectivity index (χ2n) is 7.82. The first kappa shape index (κ1) is 19.3. The molecule has 3 nitrogen and oxygen atoms in total. The lowest BCUT2D eigenvalue weighted by Crippen LogP contribution is -2.49. The Morgan fingerprint density at radius 2 is 1.92 bits per heavy atom. The van der Waals surface area contributed by atoms with Crippen molar-refractivity contribution >= 4 is 18.3 Å². The number of amides is 1. The van der Waals surface area contributed by atoms with E-state index in [1.54, 1.807) is 0 Å². The minimum absolute atomic E-state index is 0. The Bertz CT molecular complexity index is 557. The van der Waals surface area contributed by atoms with Crippen LogP contribution in [0.25, 0.3) is 0 Å². The van der Waals surface area contributed by atoms with Gasteiger partial charge < -0.3 is 10.6 Å². The highest BCUT2D eigenvalue weighted by molar-refractivity contribution is 5.85. The van der Waals surface area contributed by atoms with E-state index in [0.717, 1.165) is 25.8 Å². The van der Waals surface area contributed by atoms with Gasteiger partial charge in [-0.15, -0.1) is 12.4 Å². The van der Waals surface area contributed by atoms with Crippen molar-refractivity contribution in [1.29, 1.82) is 0 Å². The van der Waals surface area contributed by atoms with Crippen LogP contribution in [0, 0.1) is 11.8 Å². The van der Waals surface area contributed by atoms with Crippen molar-refractivity contribution in [2.45, 2.75) is 57.9 Å². The lowest BCUT2D eigenvalue weighted by atomic mass is 9.92. The van der Waals surface area contributed by atoms with E-state index in [1.807, 2.05) is 0 Å². The topological polar surface area (TPSA) is 46.3 Å². The summed E-state index contributed by atoms with van der Waals surface area (Å²) in [7, 11) is 0. The fourth-order valence-corrected chi connectivity index (χ4v) is 3.94. The third-order valence-electron chi connectivity index (χ3n) is 5.67. The molecule has 134 valence electrons. The van der Waals surface area contributed by atoms with Crippen LogP contribution in [0.5, 0.6) is 0 Å². The van der Waals surface area contributed by atoms with Crippen LogP contribution < -0.4 is 5.73 Å². The molecule has 4 atom stereocenters. The maximum absolute atomic E-state index is 12.9. The standard InChI is InChI=1S/C20H30N2O.ClH/c1-13(2)15-4-6-16(7-5-15)18-11-19(18)20(23)22-9-8-14(3)10-17(22)12-21;/h4-7,13-14,17-19H,8-12,21H2,1-3H3;1H. The summed E-state index contributed by atoms with van der Waals surface area (Å²) >= 11 is 0. The predicted molar refractivity (Wildman–Crippen MR) is 102 cm³/mol. The number of nitrogens with two attached hydrogens (primary N) is 1. The molecule has 1 aromatic rings. The van der Waals surface area contributed by atoms with Crippen molar-refractivity contribution in [3.05, 3.63) is 35.4 Å². The molecular weight excluding hydrogens is 320 g/mol. The third-order valence-corrected chi connectivity index (χ3v) is 5.67. The van der Waals surface area contributed by atoms with Crippen LogP contribution in [-0.4, -0.2) is 29.9 Å². The summed E-state index contributed by atoms with van der Waals surface area (Å²) in [5.41, 5.74) is 8.60. The third kappa shape index (κ3) is 3.94. The van der Waals surface area contributed by atoms with Crippen LogP contribution in [0.15, 0.2) is 24.3 Å². The van der Waals surface area contributed by atoms with E-state index in [0.29, 0.717) is 30.2 Å². The SMILES string of the molecule is CC1CCN(C(=O)C2CC2c2ccc(C(C)C)cc2)C(CN)C1.Cl. The van der Waals surface area contributed by atoms with E-state index in [2.05, 4.69) is 49.9 Å². The summed E-state index contributed by atoms with van der Waals surface area (Å²) in [5, 5.41) is 0. The van der Waals surface area contributed by atoms with Crippen molar-refractivity contribution < 1.29 is 4.79 Å². The zero-order valence-corrected chi connectivity index (χ0v) is 15.9. The minimum Gasteiger partial charge on any atom is -0.338 e. The van der Waals surface area contributed by atoms with E-state index >= 15 is 0 Å². The van der Waals surface area contributed by atoms with Crippen LogP contribution in [0.1, 0.15) is 63.0 Å². The largest absolute Gasteiger partial charge is 0.338 e. The highest BCUT2D eigenvalue weighted by Crippen LogP contribution is 2.49. The van der Waals surface area contributed by atoms with Crippen LogP contribution in [0.4, 0.5) is 0 Å². The summed E-state index contributed by atoms with van der Waals surface area (Å²) < 4.78 is 0. The maximum atomic E-state index is 12.9. The molecule has 0 spiro atoms. The number of hydrogen-bond donors (Lipinski definition) is 1. The van der Waals surface area contributed by atoms with E-state index in [9.17, 15) is 4.79 Å². The maximum Gasteiger partial charge on any atom is 0.226 e. The molecule has 24 heavy (non-hydrogen) atoms. The molecule has 2 fully saturated rings. The van der Waals surface area contributed by atoms with E-state index < -0.39 is 0 Å². The predicted octanol–water partition coefficient (Wildman–Crippen LogP) is 3.92. The molecule has 0 aromatic heterocycles. The number of benzene rings is 1. The normalized spacial score (nSPS) is 29.3. The molecule has 1 aliphatic heterocycles. The average molecular weight is 351 g/mol. The van der Waals surface area contributed by atoms with Gasteiger partial charge >= 0.3 is 0 Å². The molecule has 0 radical (unpaired) electrons. The Morgan fingerprint density at radius 3 is 2.50 bits per heavy atom. The first-order valence-corrected chi connectivity index (χ1v) is 9.11. The summed E-state index contributed by atoms with van der Waals surface area (Å²) in [5.74, 6) is 2.18. The van der Waals surface area contributed by atoms with Crippen LogP contribution in [0.3, 0.4) is 0 Å². The van der Waals surface area contributed by atoms with Crippen molar-refractivity contribution in [2.24, 2.45) is 17.6 Å². The van der Waals surface area contributed by atoms with Gasteiger partial charge in [-0.05, 0) is 48.1 Å². The number of rotatable bonds is 4. The molecular formula is C20H31ClN2O. The lowest BCUT2D eigenvalue weighted by molar-refractivity contribution is -0.136. The molecule has 1 heterocycles. The fourth-order valence-electron chi connectivity index (χ4n) is 3.94. The minimum atomic E-state index is 0. The Morgan fingerprint density at radius 1 is 1.25 bits per heavy atom. The number of carbonyl (C=O) groups is 1. The average Bonchev–Trinajstić information content (AvgIpc) is 3.34. The van der Waals surface area contributed by atoms with Gasteiger partial charge in [-0.25, -0.2) is 0 Å². The van der Waals surface area contributed by atoms with Crippen molar-refractivity contribution in [1.82, 2.24) is 4.90 Å². The molecule has 1 saturated carbocycles. The second-order valence-corrected chi connectivity index (χ2v) is 7.82. The van der Waals surface area contributed by atoms with Gasteiger partial charge in [0.2, 0.25) is 5.91 Å². The van der Waals surface area contributed by atoms with Gasteiger partial charge in [0.1, 0.15) is 0 Å². The summed E-state index contributed by atoms with van der Waals surface area (Å²) in [6.45, 7) is 8.17. The summed E-state index contributed by atoms with van der Waals surface area (Å²) in [6.07, 6.45) is 3.18. The molecule has 4 heteroatoms. The Balaban J connectivity index is 0.00000208. The highest BCUT2D eigenvalue weighted by Gasteiger charge is 2.47. The van der Waals surface area contributed by atoms with E-state index in [1.165, 1.54) is 11.1 Å². The molecule has 2 aliphatic rings. The number of carbonyl (C=O) groups excluding carboxylic acids is 1. The van der Waals surface area contributed by atoms with Gasteiger partial charge in [0.15, 0.2) is 0 Å². The number of nitrogens with zero attached hydrogens (tertiary/aromatic N) is 1. The summed E-state index contributed by atoms with van der Waals surface area (Å²) in [4.78, 5) is 14.9. The fraction of sp³-hybridized carbons (Fsp3) is 0.650. The first-order chi connectivity index (χ1) is 11.0. The number of piperidine rings is 1. The molecule has 1 aliphatic carbocycles. The number of likely N-dealkylation sites (tertiary alicyclic amines) is 1. The van der Waals surface area contributed by atoms with Crippen molar-refractivity contribution in [3.8, 4) is 0 Å². The van der Waals surface area contributed by atoms with Gasteiger partial charge in [-0.1, -0.05) is 45.0 Å². The van der Waals surface area contributed by atoms with Crippen LogP contribution >= 0.6 is 12.4 Å². The molecule has 1 aromatic carbocycles. The van der Waals surface area contributed by atoms with E-state index in [4.69, 9.17) is 5.73 Å². The molecule has 0 bridgehead atoms. The molecule has 2 N–H and O–H groups in total. The van der Waals surface area contributed by atoms with Crippen molar-refractivity contribution in [3.63, 3.8) is 0 Å². The highest BCUT2D eigenvalue weighted by atomic mass is 35.5. The van der Waals surface area contributed by atoms with E-state index in [-0.39, 0.29) is 24.4 Å². The Hall–Kier alpha value is -1.06. The van der Waals surface area contributed by atoms with Gasteiger partial charge in [-0.2, -0.15) is 0 Å². The lowest BCUT2D eigenvalue weighted by Gasteiger charge is -2.38. The Labute approximate surface area is 152 Å². The molecule has 4 unspecified atom stereocenters. The van der Waals surface area contributed by atoms with Gasteiger partial charge in [0, 0.05) is 25.0 Å². The Kier molecular flexibility index (Phi) is 6.33. The van der Waals surface area contributed by atoms with Crippen LogP contribution in [-0.2, 0) is 4.79 Å². The van der Waals surface area contributed by atoms with Gasteiger partial charge in [-0.3, -0.25) is 4.79 Å². The van der Waals surface area contributed by atoms with Crippen LogP contribution in [0.2, 0.25) is 0 Å². The second kappa shape index (κ2) is 7.88. The molecule has 1 saturated heterocycles. The zero-order chi connectivity index (χ0) is 16.6. The quantitative estimate of drug-likeness (QED) is 0.894. The number of halogens is 1.